The first-order valence-electron chi connectivity index (χ1n) is 9.18. The van der Waals surface area contributed by atoms with Crippen molar-refractivity contribution in [3.8, 4) is 0 Å². The lowest BCUT2D eigenvalue weighted by molar-refractivity contribution is 0.0937. The number of hydrogen-bond donors (Lipinski definition) is 2. The average Bonchev–Trinajstić information content (AvgIpc) is 3.33. The topological polar surface area (TPSA) is 88.6 Å². The van der Waals surface area contributed by atoms with Crippen molar-refractivity contribution >= 4 is 23.0 Å². The third-order valence-electron chi connectivity index (χ3n) is 4.45. The number of aromatic nitrogens is 2. The van der Waals surface area contributed by atoms with Crippen LogP contribution in [-0.2, 0) is 6.54 Å². The number of furan rings is 1. The number of aryl methyl sites for hydroxylation is 2. The molecule has 3 heterocycles. The Labute approximate surface area is 167 Å². The molecule has 0 fully saturated rings. The number of anilines is 1. The first kappa shape index (κ1) is 18.5. The Morgan fingerprint density at radius 2 is 1.83 bits per heavy atom. The molecule has 0 atom stereocenters. The van der Waals surface area contributed by atoms with Gasteiger partial charge in [0.1, 0.15) is 5.76 Å². The highest BCUT2D eigenvalue weighted by Crippen LogP contribution is 2.18. The zero-order valence-electron chi connectivity index (χ0n) is 16.1. The summed E-state index contributed by atoms with van der Waals surface area (Å²) in [6, 6.07) is 14.7. The maximum Gasteiger partial charge on any atom is 0.288 e. The van der Waals surface area contributed by atoms with Crippen molar-refractivity contribution in [2.24, 2.45) is 0 Å². The summed E-state index contributed by atoms with van der Waals surface area (Å²) in [5.41, 5.74) is 3.53. The monoisotopic (exact) mass is 388 g/mol. The lowest BCUT2D eigenvalue weighted by atomic mass is 10.1. The fourth-order valence-corrected chi connectivity index (χ4v) is 3.26. The standard InChI is InChI=1S/C22H20N4O3/c1-14-10-15(2)12-16(11-14)24-21(27)19-18-7-3-4-8-26(18)20(25-19)22(28)23-13-17-6-5-9-29-17/h3-12H,13H2,1-2H3,(H,23,28)(H,24,27). The zero-order valence-corrected chi connectivity index (χ0v) is 16.1. The lowest BCUT2D eigenvalue weighted by Crippen LogP contribution is -2.25. The van der Waals surface area contributed by atoms with E-state index in [0.717, 1.165) is 11.1 Å². The van der Waals surface area contributed by atoms with Crippen LogP contribution in [0.4, 0.5) is 5.69 Å². The van der Waals surface area contributed by atoms with Crippen LogP contribution in [-0.4, -0.2) is 21.2 Å². The van der Waals surface area contributed by atoms with Crippen molar-refractivity contribution in [1.82, 2.24) is 14.7 Å². The Hall–Kier alpha value is -3.87. The van der Waals surface area contributed by atoms with Gasteiger partial charge in [0.15, 0.2) is 5.69 Å². The van der Waals surface area contributed by atoms with Gasteiger partial charge in [0, 0.05) is 11.9 Å². The van der Waals surface area contributed by atoms with Gasteiger partial charge in [-0.05, 0) is 61.4 Å². The highest BCUT2D eigenvalue weighted by Gasteiger charge is 2.21. The number of fused-ring (bicyclic) bond motifs is 1. The number of carbonyl (C=O) groups excluding carboxylic acids is 2. The molecule has 4 aromatic rings. The molecule has 1 aromatic carbocycles. The fourth-order valence-electron chi connectivity index (χ4n) is 3.26. The van der Waals surface area contributed by atoms with Crippen LogP contribution in [0.15, 0.2) is 65.4 Å². The van der Waals surface area contributed by atoms with Crippen LogP contribution in [0.1, 0.15) is 38.0 Å². The molecule has 0 aliphatic heterocycles. The number of imidazole rings is 1. The van der Waals surface area contributed by atoms with Crippen molar-refractivity contribution in [3.63, 3.8) is 0 Å². The van der Waals surface area contributed by atoms with E-state index in [0.29, 0.717) is 17.0 Å². The fraction of sp³-hybridized carbons (Fsp3) is 0.136. The molecule has 0 saturated carbocycles. The molecular weight excluding hydrogens is 368 g/mol. The zero-order chi connectivity index (χ0) is 20.4. The van der Waals surface area contributed by atoms with E-state index in [1.807, 2.05) is 32.0 Å². The molecule has 2 amide bonds. The second kappa shape index (κ2) is 7.63. The molecule has 0 unspecified atom stereocenters. The van der Waals surface area contributed by atoms with Gasteiger partial charge in [-0.2, -0.15) is 0 Å². The number of hydrogen-bond acceptors (Lipinski definition) is 4. The Morgan fingerprint density at radius 1 is 1.03 bits per heavy atom. The second-order valence-electron chi connectivity index (χ2n) is 6.83. The summed E-state index contributed by atoms with van der Waals surface area (Å²) in [6.45, 7) is 4.17. The molecule has 0 spiro atoms. The number of carbonyl (C=O) groups is 2. The van der Waals surface area contributed by atoms with Gasteiger partial charge < -0.3 is 15.1 Å². The van der Waals surface area contributed by atoms with Crippen molar-refractivity contribution in [1.29, 1.82) is 0 Å². The quantitative estimate of drug-likeness (QED) is 0.545. The molecule has 29 heavy (non-hydrogen) atoms. The first-order valence-corrected chi connectivity index (χ1v) is 9.18. The molecule has 0 saturated heterocycles. The second-order valence-corrected chi connectivity index (χ2v) is 6.83. The molecule has 7 heteroatoms. The van der Waals surface area contributed by atoms with E-state index in [4.69, 9.17) is 4.42 Å². The minimum Gasteiger partial charge on any atom is -0.467 e. The summed E-state index contributed by atoms with van der Waals surface area (Å²) < 4.78 is 6.84. The van der Waals surface area contributed by atoms with Gasteiger partial charge in [0.25, 0.3) is 11.8 Å². The van der Waals surface area contributed by atoms with Crippen LogP contribution in [0.25, 0.3) is 5.52 Å². The number of nitrogens with zero attached hydrogens (tertiary/aromatic N) is 2. The summed E-state index contributed by atoms with van der Waals surface area (Å²) in [4.78, 5) is 29.9. The largest absolute Gasteiger partial charge is 0.467 e. The number of benzene rings is 1. The summed E-state index contributed by atoms with van der Waals surface area (Å²) in [5.74, 6) is 0.00144. The van der Waals surface area contributed by atoms with Crippen molar-refractivity contribution in [3.05, 3.63) is 89.4 Å². The van der Waals surface area contributed by atoms with Crippen LogP contribution in [0, 0.1) is 13.8 Å². The molecule has 0 aliphatic rings. The van der Waals surface area contributed by atoms with E-state index in [1.165, 1.54) is 0 Å². The molecule has 0 bridgehead atoms. The molecule has 3 aromatic heterocycles. The molecule has 146 valence electrons. The maximum atomic E-state index is 12.9. The third-order valence-corrected chi connectivity index (χ3v) is 4.45. The first-order chi connectivity index (χ1) is 14.0. The normalized spacial score (nSPS) is 10.8. The van der Waals surface area contributed by atoms with Gasteiger partial charge in [-0.3, -0.25) is 14.0 Å². The summed E-state index contributed by atoms with van der Waals surface area (Å²) in [7, 11) is 0. The van der Waals surface area contributed by atoms with Gasteiger partial charge in [-0.15, -0.1) is 0 Å². The van der Waals surface area contributed by atoms with Crippen LogP contribution in [0.2, 0.25) is 0 Å². The predicted molar refractivity (Wildman–Crippen MR) is 109 cm³/mol. The van der Waals surface area contributed by atoms with E-state index in [1.54, 1.807) is 47.2 Å². The van der Waals surface area contributed by atoms with Gasteiger partial charge in [0.05, 0.1) is 18.3 Å². The Bertz CT molecular complexity index is 1170. The van der Waals surface area contributed by atoms with E-state index < -0.39 is 5.91 Å². The number of rotatable bonds is 5. The van der Waals surface area contributed by atoms with Crippen LogP contribution in [0.3, 0.4) is 0 Å². The maximum absolute atomic E-state index is 12.9. The number of amides is 2. The highest BCUT2D eigenvalue weighted by molar-refractivity contribution is 6.09. The van der Waals surface area contributed by atoms with Gasteiger partial charge in [-0.1, -0.05) is 12.1 Å². The molecule has 0 radical (unpaired) electrons. The molecule has 4 rings (SSSR count). The molecule has 2 N–H and O–H groups in total. The third kappa shape index (κ3) is 3.89. The van der Waals surface area contributed by atoms with Gasteiger partial charge in [0.2, 0.25) is 5.82 Å². The lowest BCUT2D eigenvalue weighted by Gasteiger charge is -2.06. The highest BCUT2D eigenvalue weighted by atomic mass is 16.3. The molecular formula is C22H20N4O3. The Balaban J connectivity index is 1.62. The van der Waals surface area contributed by atoms with Gasteiger partial charge in [-0.25, -0.2) is 4.98 Å². The Kier molecular flexibility index (Phi) is 4.87. The van der Waals surface area contributed by atoms with Crippen LogP contribution >= 0.6 is 0 Å². The van der Waals surface area contributed by atoms with E-state index in [2.05, 4.69) is 15.6 Å². The minimum atomic E-state index is -0.395. The number of nitrogens with one attached hydrogen (secondary N) is 2. The van der Waals surface area contributed by atoms with Crippen LogP contribution in [0.5, 0.6) is 0 Å². The summed E-state index contributed by atoms with van der Waals surface area (Å²) in [5, 5.41) is 5.64. The van der Waals surface area contributed by atoms with E-state index >= 15 is 0 Å². The van der Waals surface area contributed by atoms with Crippen molar-refractivity contribution < 1.29 is 14.0 Å². The van der Waals surface area contributed by atoms with Crippen LogP contribution < -0.4 is 10.6 Å². The van der Waals surface area contributed by atoms with Crippen molar-refractivity contribution in [2.45, 2.75) is 20.4 Å². The average molecular weight is 388 g/mol. The van der Waals surface area contributed by atoms with Crippen molar-refractivity contribution in [2.75, 3.05) is 5.32 Å². The summed E-state index contributed by atoms with van der Waals surface area (Å²) in [6.07, 6.45) is 3.25. The Morgan fingerprint density at radius 3 is 2.55 bits per heavy atom. The number of pyridine rings is 1. The summed E-state index contributed by atoms with van der Waals surface area (Å²) >= 11 is 0. The minimum absolute atomic E-state index is 0.137. The SMILES string of the molecule is Cc1cc(C)cc(NC(=O)c2nc(C(=O)NCc3ccco3)n3ccccc23)c1. The smallest absolute Gasteiger partial charge is 0.288 e. The van der Waals surface area contributed by atoms with Gasteiger partial charge >= 0.3 is 0 Å². The van der Waals surface area contributed by atoms with E-state index in [9.17, 15) is 9.59 Å². The van der Waals surface area contributed by atoms with E-state index in [-0.39, 0.29) is 24.0 Å². The molecule has 7 nitrogen and oxygen atoms in total. The predicted octanol–water partition coefficient (Wildman–Crippen LogP) is 3.73. The molecule has 0 aliphatic carbocycles.